The fraction of sp³-hybridized carbons (Fsp3) is 0.267. The monoisotopic (exact) mass is 330 g/mol. The van der Waals surface area contributed by atoms with E-state index in [1.165, 1.54) is 17.7 Å². The SMILES string of the molecule is O=C(Nc1nc2c(s1)CCCC2)c1cc(-c2cccs2)[nH]n1. The molecule has 1 aliphatic rings. The van der Waals surface area contributed by atoms with Crippen LogP contribution in [0.15, 0.2) is 23.6 Å². The Bertz CT molecular complexity index is 780. The van der Waals surface area contributed by atoms with Gasteiger partial charge in [-0.15, -0.1) is 22.7 Å². The van der Waals surface area contributed by atoms with Crippen LogP contribution in [0.25, 0.3) is 10.6 Å². The molecule has 0 spiro atoms. The molecule has 1 aliphatic carbocycles. The molecule has 0 saturated carbocycles. The highest BCUT2D eigenvalue weighted by Gasteiger charge is 2.18. The number of nitrogens with one attached hydrogen (secondary N) is 2. The number of hydrogen-bond acceptors (Lipinski definition) is 5. The Morgan fingerprint density at radius 3 is 3.05 bits per heavy atom. The minimum atomic E-state index is -0.217. The Balaban J connectivity index is 1.51. The number of thiophene rings is 1. The van der Waals surface area contributed by atoms with Crippen molar-refractivity contribution in [1.29, 1.82) is 0 Å². The molecule has 3 aromatic rings. The van der Waals surface area contributed by atoms with Crippen molar-refractivity contribution in [3.63, 3.8) is 0 Å². The molecule has 0 fully saturated rings. The minimum Gasteiger partial charge on any atom is -0.296 e. The Labute approximate surface area is 135 Å². The van der Waals surface area contributed by atoms with E-state index >= 15 is 0 Å². The van der Waals surface area contributed by atoms with Gasteiger partial charge in [0, 0.05) is 4.88 Å². The number of anilines is 1. The number of amides is 1. The maximum Gasteiger partial charge on any atom is 0.277 e. The van der Waals surface area contributed by atoms with Crippen molar-refractivity contribution in [3.05, 3.63) is 39.8 Å². The lowest BCUT2D eigenvalue weighted by Crippen LogP contribution is -2.12. The molecule has 0 unspecified atom stereocenters. The van der Waals surface area contributed by atoms with E-state index in [4.69, 9.17) is 0 Å². The number of fused-ring (bicyclic) bond motifs is 1. The fourth-order valence-corrected chi connectivity index (χ4v) is 4.30. The minimum absolute atomic E-state index is 0.217. The molecule has 4 rings (SSSR count). The Kier molecular flexibility index (Phi) is 3.51. The molecule has 7 heteroatoms. The average Bonchev–Trinajstić information content (AvgIpc) is 3.26. The number of aromatic amines is 1. The summed E-state index contributed by atoms with van der Waals surface area (Å²) < 4.78 is 0. The van der Waals surface area contributed by atoms with Gasteiger partial charge in [0.05, 0.1) is 16.3 Å². The second kappa shape index (κ2) is 5.66. The Morgan fingerprint density at radius 2 is 2.23 bits per heavy atom. The Morgan fingerprint density at radius 1 is 1.32 bits per heavy atom. The predicted octanol–water partition coefficient (Wildman–Crippen LogP) is 3.73. The quantitative estimate of drug-likeness (QED) is 0.769. The normalized spacial score (nSPS) is 13.8. The van der Waals surface area contributed by atoms with Crippen molar-refractivity contribution in [3.8, 4) is 10.6 Å². The molecule has 2 N–H and O–H groups in total. The molecule has 3 aromatic heterocycles. The lowest BCUT2D eigenvalue weighted by Gasteiger charge is -2.06. The van der Waals surface area contributed by atoms with Gasteiger partial charge in [0.15, 0.2) is 10.8 Å². The molecule has 0 aliphatic heterocycles. The molecule has 0 saturated heterocycles. The highest BCUT2D eigenvalue weighted by atomic mass is 32.1. The van der Waals surface area contributed by atoms with Crippen molar-refractivity contribution in [2.24, 2.45) is 0 Å². The van der Waals surface area contributed by atoms with Gasteiger partial charge in [0.25, 0.3) is 5.91 Å². The van der Waals surface area contributed by atoms with Crippen molar-refractivity contribution >= 4 is 33.7 Å². The van der Waals surface area contributed by atoms with Crippen LogP contribution in [0.2, 0.25) is 0 Å². The summed E-state index contributed by atoms with van der Waals surface area (Å²) in [4.78, 5) is 19.2. The first-order chi connectivity index (χ1) is 10.8. The van der Waals surface area contributed by atoms with E-state index in [9.17, 15) is 4.79 Å². The van der Waals surface area contributed by atoms with Crippen molar-refractivity contribution in [2.45, 2.75) is 25.7 Å². The number of nitrogens with zero attached hydrogens (tertiary/aromatic N) is 2. The number of aromatic nitrogens is 3. The van der Waals surface area contributed by atoms with Crippen molar-refractivity contribution < 1.29 is 4.79 Å². The summed E-state index contributed by atoms with van der Waals surface area (Å²) in [6.07, 6.45) is 4.50. The van der Waals surface area contributed by atoms with Gasteiger partial charge in [-0.25, -0.2) is 4.98 Å². The summed E-state index contributed by atoms with van der Waals surface area (Å²) in [5.41, 5.74) is 2.39. The fourth-order valence-electron chi connectivity index (χ4n) is 2.56. The number of carbonyl (C=O) groups is 1. The maximum atomic E-state index is 12.3. The van der Waals surface area contributed by atoms with Gasteiger partial charge in [-0.3, -0.25) is 15.2 Å². The number of hydrogen-bond donors (Lipinski definition) is 2. The Hall–Kier alpha value is -1.99. The number of carbonyl (C=O) groups excluding carboxylic acids is 1. The molecule has 3 heterocycles. The lowest BCUT2D eigenvalue weighted by molar-refractivity contribution is 0.102. The van der Waals surface area contributed by atoms with Gasteiger partial charge in [-0.1, -0.05) is 6.07 Å². The highest BCUT2D eigenvalue weighted by Crippen LogP contribution is 2.30. The number of thiazole rings is 1. The highest BCUT2D eigenvalue weighted by molar-refractivity contribution is 7.16. The molecular weight excluding hydrogens is 316 g/mol. The zero-order chi connectivity index (χ0) is 14.9. The summed E-state index contributed by atoms with van der Waals surface area (Å²) in [7, 11) is 0. The first-order valence-electron chi connectivity index (χ1n) is 7.19. The molecule has 5 nitrogen and oxygen atoms in total. The van der Waals surface area contributed by atoms with Gasteiger partial charge in [0.2, 0.25) is 0 Å². The van der Waals surface area contributed by atoms with Crippen LogP contribution in [-0.2, 0) is 12.8 Å². The van der Waals surface area contributed by atoms with E-state index in [2.05, 4.69) is 20.5 Å². The second-order valence-electron chi connectivity index (χ2n) is 5.19. The summed E-state index contributed by atoms with van der Waals surface area (Å²) >= 11 is 3.19. The van der Waals surface area contributed by atoms with E-state index in [1.807, 2.05) is 17.5 Å². The lowest BCUT2D eigenvalue weighted by atomic mass is 10.0. The first-order valence-corrected chi connectivity index (χ1v) is 8.88. The largest absolute Gasteiger partial charge is 0.296 e. The zero-order valence-corrected chi connectivity index (χ0v) is 13.4. The van der Waals surface area contributed by atoms with Crippen molar-refractivity contribution in [2.75, 3.05) is 5.32 Å². The van der Waals surface area contributed by atoms with Crippen LogP contribution < -0.4 is 5.32 Å². The third-order valence-corrected chi connectivity index (χ3v) is 5.64. The average molecular weight is 330 g/mol. The maximum absolute atomic E-state index is 12.3. The zero-order valence-electron chi connectivity index (χ0n) is 11.8. The molecular formula is C15H14N4OS2. The van der Waals surface area contributed by atoms with Crippen LogP contribution in [0.3, 0.4) is 0 Å². The van der Waals surface area contributed by atoms with E-state index in [0.29, 0.717) is 10.8 Å². The molecule has 0 atom stereocenters. The van der Waals surface area contributed by atoms with E-state index < -0.39 is 0 Å². The van der Waals surface area contributed by atoms with E-state index in [1.54, 1.807) is 28.7 Å². The predicted molar refractivity (Wildman–Crippen MR) is 88.6 cm³/mol. The summed E-state index contributed by atoms with van der Waals surface area (Å²) in [6.45, 7) is 0. The number of rotatable bonds is 3. The van der Waals surface area contributed by atoms with Crippen LogP contribution in [0.5, 0.6) is 0 Å². The van der Waals surface area contributed by atoms with Gasteiger partial charge >= 0.3 is 0 Å². The summed E-state index contributed by atoms with van der Waals surface area (Å²) in [6, 6.07) is 5.74. The second-order valence-corrected chi connectivity index (χ2v) is 7.23. The number of aryl methyl sites for hydroxylation is 2. The smallest absolute Gasteiger partial charge is 0.277 e. The molecule has 0 aromatic carbocycles. The molecule has 112 valence electrons. The molecule has 0 radical (unpaired) electrons. The van der Waals surface area contributed by atoms with E-state index in [0.717, 1.165) is 29.1 Å². The van der Waals surface area contributed by atoms with Crippen LogP contribution in [-0.4, -0.2) is 21.1 Å². The first kappa shape index (κ1) is 13.7. The molecule has 1 amide bonds. The van der Waals surface area contributed by atoms with Crippen LogP contribution in [0, 0.1) is 0 Å². The third kappa shape index (κ3) is 2.57. The van der Waals surface area contributed by atoms with Crippen LogP contribution in [0.4, 0.5) is 5.13 Å². The molecule has 0 bridgehead atoms. The topological polar surface area (TPSA) is 70.7 Å². The third-order valence-electron chi connectivity index (χ3n) is 3.66. The van der Waals surface area contributed by atoms with Gasteiger partial charge in [0.1, 0.15) is 0 Å². The van der Waals surface area contributed by atoms with Gasteiger partial charge in [-0.05, 0) is 43.2 Å². The summed E-state index contributed by atoms with van der Waals surface area (Å²) in [5.74, 6) is -0.217. The van der Waals surface area contributed by atoms with Crippen molar-refractivity contribution in [1.82, 2.24) is 15.2 Å². The molecule has 22 heavy (non-hydrogen) atoms. The summed E-state index contributed by atoms with van der Waals surface area (Å²) in [5, 5.41) is 12.5. The van der Waals surface area contributed by atoms with Gasteiger partial charge < -0.3 is 0 Å². The van der Waals surface area contributed by atoms with Crippen LogP contribution in [0.1, 0.15) is 33.9 Å². The van der Waals surface area contributed by atoms with E-state index in [-0.39, 0.29) is 5.91 Å². The van der Waals surface area contributed by atoms with Gasteiger partial charge in [-0.2, -0.15) is 5.10 Å². The number of H-pyrrole nitrogens is 1. The standard InChI is InChI=1S/C15H14N4OS2/c20-14(11-8-10(18-19-11)12-6-3-7-21-12)17-15-16-9-4-1-2-5-13(9)22-15/h3,6-8H,1-2,4-5H2,(H,18,19)(H,16,17,20). The van der Waals surface area contributed by atoms with Crippen LogP contribution >= 0.6 is 22.7 Å².